The molecule has 1 saturated heterocycles. The largest absolute Gasteiger partial charge is 0.480 e. The zero-order chi connectivity index (χ0) is 20.5. The van der Waals surface area contributed by atoms with Crippen LogP contribution in [0.5, 0.6) is 5.88 Å². The van der Waals surface area contributed by atoms with Crippen molar-refractivity contribution in [2.75, 3.05) is 25.9 Å². The van der Waals surface area contributed by atoms with Crippen molar-refractivity contribution < 1.29 is 4.74 Å². The molecule has 7 heteroatoms. The van der Waals surface area contributed by atoms with Crippen LogP contribution < -0.4 is 10.5 Å². The Labute approximate surface area is 180 Å². The average Bonchev–Trinajstić information content (AvgIpc) is 2.70. The molecule has 0 radical (unpaired) electrons. The minimum Gasteiger partial charge on any atom is -0.480 e. The number of likely N-dealkylation sites (tertiary alicyclic amines) is 1. The second kappa shape index (κ2) is 8.19. The Morgan fingerprint density at radius 1 is 1.07 bits per heavy atom. The lowest BCUT2D eigenvalue weighted by Crippen LogP contribution is -2.44. The molecule has 1 aliphatic rings. The van der Waals surface area contributed by atoms with Crippen LogP contribution >= 0.6 is 23.2 Å². The third-order valence-electron chi connectivity index (χ3n) is 5.11. The average molecular weight is 429 g/mol. The van der Waals surface area contributed by atoms with Crippen molar-refractivity contribution in [1.29, 1.82) is 0 Å². The minimum absolute atomic E-state index is 0.481. The van der Waals surface area contributed by atoms with Gasteiger partial charge in [0, 0.05) is 36.3 Å². The number of halogens is 2. The molecule has 5 nitrogen and oxygen atoms in total. The highest BCUT2D eigenvalue weighted by molar-refractivity contribution is 6.39. The van der Waals surface area contributed by atoms with Crippen LogP contribution in [0, 0.1) is 5.92 Å². The van der Waals surface area contributed by atoms with Crippen LogP contribution in [-0.2, 0) is 6.54 Å². The van der Waals surface area contributed by atoms with E-state index >= 15 is 0 Å². The standard InChI is InChI=1S/C22H22Cl2N4O/c1-13-10-28(11-13)12-19-22(29-2)27-18(9-26-19)16-7-3-5-14(20(16)23)15-6-4-8-17(25)21(15)24/h3-9,13H,10-12,25H2,1-2H3. The first-order chi connectivity index (χ1) is 14.0. The zero-order valence-corrected chi connectivity index (χ0v) is 17.8. The Morgan fingerprint density at radius 2 is 1.72 bits per heavy atom. The molecule has 2 aromatic carbocycles. The Morgan fingerprint density at radius 3 is 2.41 bits per heavy atom. The first-order valence-corrected chi connectivity index (χ1v) is 10.2. The number of nitrogens with two attached hydrogens (primary N) is 1. The lowest BCUT2D eigenvalue weighted by atomic mass is 10.0. The lowest BCUT2D eigenvalue weighted by molar-refractivity contribution is 0.102. The molecular weight excluding hydrogens is 407 g/mol. The van der Waals surface area contributed by atoms with E-state index in [-0.39, 0.29) is 0 Å². The number of benzene rings is 2. The molecule has 0 saturated carbocycles. The highest BCUT2D eigenvalue weighted by atomic mass is 35.5. The van der Waals surface area contributed by atoms with Gasteiger partial charge < -0.3 is 10.5 Å². The second-order valence-electron chi connectivity index (χ2n) is 7.39. The van der Waals surface area contributed by atoms with Crippen molar-refractivity contribution in [1.82, 2.24) is 14.9 Å². The normalized spacial score (nSPS) is 14.6. The molecule has 1 aromatic heterocycles. The molecule has 4 rings (SSSR count). The van der Waals surface area contributed by atoms with E-state index in [0.717, 1.165) is 47.9 Å². The molecule has 2 heterocycles. The predicted molar refractivity (Wildman–Crippen MR) is 118 cm³/mol. The summed E-state index contributed by atoms with van der Waals surface area (Å²) in [5, 5.41) is 1.02. The van der Waals surface area contributed by atoms with E-state index in [1.165, 1.54) is 0 Å². The van der Waals surface area contributed by atoms with Gasteiger partial charge >= 0.3 is 0 Å². The smallest absolute Gasteiger partial charge is 0.237 e. The monoisotopic (exact) mass is 428 g/mol. The van der Waals surface area contributed by atoms with Gasteiger partial charge in [0.15, 0.2) is 0 Å². The summed E-state index contributed by atoms with van der Waals surface area (Å²) >= 11 is 13.2. The number of ether oxygens (including phenoxy) is 1. The van der Waals surface area contributed by atoms with Crippen molar-refractivity contribution in [2.24, 2.45) is 5.92 Å². The molecule has 3 aromatic rings. The summed E-state index contributed by atoms with van der Waals surface area (Å²) in [7, 11) is 1.61. The van der Waals surface area contributed by atoms with Crippen molar-refractivity contribution in [3.8, 4) is 28.3 Å². The molecule has 1 fully saturated rings. The van der Waals surface area contributed by atoms with E-state index in [4.69, 9.17) is 33.7 Å². The van der Waals surface area contributed by atoms with Gasteiger partial charge in [-0.2, -0.15) is 0 Å². The fraction of sp³-hybridized carbons (Fsp3) is 0.273. The summed E-state index contributed by atoms with van der Waals surface area (Å²) in [4.78, 5) is 11.6. The quantitative estimate of drug-likeness (QED) is 0.568. The van der Waals surface area contributed by atoms with Gasteiger partial charge in [-0.25, -0.2) is 4.98 Å². The van der Waals surface area contributed by atoms with E-state index < -0.39 is 0 Å². The molecule has 2 N–H and O–H groups in total. The fourth-order valence-electron chi connectivity index (χ4n) is 3.66. The van der Waals surface area contributed by atoms with Crippen LogP contribution in [-0.4, -0.2) is 35.1 Å². The van der Waals surface area contributed by atoms with Gasteiger partial charge in [0.1, 0.15) is 5.69 Å². The maximum atomic E-state index is 6.75. The number of hydrogen-bond acceptors (Lipinski definition) is 5. The summed E-state index contributed by atoms with van der Waals surface area (Å²) in [6.07, 6.45) is 1.74. The van der Waals surface area contributed by atoms with Crippen molar-refractivity contribution in [2.45, 2.75) is 13.5 Å². The third kappa shape index (κ3) is 3.90. The second-order valence-corrected chi connectivity index (χ2v) is 8.14. The Balaban J connectivity index is 1.71. The van der Waals surface area contributed by atoms with Crippen LogP contribution in [0.1, 0.15) is 12.6 Å². The van der Waals surface area contributed by atoms with Gasteiger partial charge in [-0.15, -0.1) is 0 Å². The first kappa shape index (κ1) is 20.0. The van der Waals surface area contributed by atoms with Crippen LogP contribution in [0.2, 0.25) is 10.0 Å². The number of anilines is 1. The van der Waals surface area contributed by atoms with Gasteiger partial charge in [-0.05, 0) is 12.0 Å². The number of hydrogen-bond donors (Lipinski definition) is 1. The highest BCUT2D eigenvalue weighted by Crippen LogP contribution is 2.40. The van der Waals surface area contributed by atoms with Gasteiger partial charge in [0.05, 0.1) is 34.7 Å². The van der Waals surface area contributed by atoms with Gasteiger partial charge in [0.25, 0.3) is 0 Å². The minimum atomic E-state index is 0.481. The lowest BCUT2D eigenvalue weighted by Gasteiger charge is -2.36. The third-order valence-corrected chi connectivity index (χ3v) is 5.94. The molecular formula is C22H22Cl2N4O. The molecule has 0 amide bonds. The Hall–Kier alpha value is -2.34. The van der Waals surface area contributed by atoms with Crippen molar-refractivity contribution >= 4 is 28.9 Å². The summed E-state index contributed by atoms with van der Waals surface area (Å²) in [6.45, 7) is 5.11. The van der Waals surface area contributed by atoms with E-state index in [2.05, 4.69) is 21.8 Å². The highest BCUT2D eigenvalue weighted by Gasteiger charge is 2.24. The Kier molecular flexibility index (Phi) is 5.63. The van der Waals surface area contributed by atoms with Crippen LogP contribution in [0.3, 0.4) is 0 Å². The van der Waals surface area contributed by atoms with Gasteiger partial charge in [-0.1, -0.05) is 60.5 Å². The Bertz CT molecular complexity index is 1050. The van der Waals surface area contributed by atoms with Gasteiger partial charge in [-0.3, -0.25) is 9.88 Å². The molecule has 0 atom stereocenters. The number of rotatable bonds is 5. The van der Waals surface area contributed by atoms with Crippen molar-refractivity contribution in [3.63, 3.8) is 0 Å². The number of nitrogen functional groups attached to an aromatic ring is 1. The predicted octanol–water partition coefficient (Wildman–Crippen LogP) is 5.16. The van der Waals surface area contributed by atoms with E-state index in [9.17, 15) is 0 Å². The summed E-state index contributed by atoms with van der Waals surface area (Å²) in [6, 6.07) is 11.3. The van der Waals surface area contributed by atoms with E-state index in [0.29, 0.717) is 27.3 Å². The summed E-state index contributed by atoms with van der Waals surface area (Å²) in [5.41, 5.74) is 10.3. The van der Waals surface area contributed by atoms with Crippen LogP contribution in [0.15, 0.2) is 42.6 Å². The SMILES string of the molecule is COc1nc(-c2cccc(-c3cccc(N)c3Cl)c2Cl)cnc1CN1CC(C)C1. The molecule has 29 heavy (non-hydrogen) atoms. The molecule has 0 unspecified atom stereocenters. The number of nitrogens with zero attached hydrogens (tertiary/aromatic N) is 3. The zero-order valence-electron chi connectivity index (χ0n) is 16.3. The van der Waals surface area contributed by atoms with E-state index in [1.807, 2.05) is 30.3 Å². The van der Waals surface area contributed by atoms with Crippen molar-refractivity contribution in [3.05, 3.63) is 58.3 Å². The fourth-order valence-corrected chi connectivity index (χ4v) is 4.22. The summed E-state index contributed by atoms with van der Waals surface area (Å²) in [5.74, 6) is 1.25. The molecule has 0 spiro atoms. The molecule has 0 bridgehead atoms. The van der Waals surface area contributed by atoms with Crippen LogP contribution in [0.4, 0.5) is 5.69 Å². The maximum absolute atomic E-state index is 6.75. The van der Waals surface area contributed by atoms with E-state index in [1.54, 1.807) is 19.4 Å². The molecule has 1 aliphatic heterocycles. The van der Waals surface area contributed by atoms with Gasteiger partial charge in [0.2, 0.25) is 5.88 Å². The topological polar surface area (TPSA) is 64.3 Å². The maximum Gasteiger partial charge on any atom is 0.237 e. The summed E-state index contributed by atoms with van der Waals surface area (Å²) < 4.78 is 5.51. The van der Waals surface area contributed by atoms with Crippen LogP contribution in [0.25, 0.3) is 22.4 Å². The number of methoxy groups -OCH3 is 1. The molecule has 150 valence electrons. The molecule has 0 aliphatic carbocycles. The first-order valence-electron chi connectivity index (χ1n) is 9.43. The number of aromatic nitrogens is 2.